The van der Waals surface area contributed by atoms with Crippen molar-refractivity contribution in [3.8, 4) is 0 Å². The first-order valence-corrected chi connectivity index (χ1v) is 4.63. The van der Waals surface area contributed by atoms with Crippen molar-refractivity contribution in [3.63, 3.8) is 0 Å². The van der Waals surface area contributed by atoms with Crippen LogP contribution in [0.5, 0.6) is 0 Å². The van der Waals surface area contributed by atoms with Crippen LogP contribution in [0.15, 0.2) is 18.2 Å². The molecular weight excluding hydrogens is 197 g/mol. The Kier molecular flexibility index (Phi) is 3.80. The van der Waals surface area contributed by atoms with E-state index in [4.69, 9.17) is 5.73 Å². The van der Waals surface area contributed by atoms with Crippen molar-refractivity contribution in [2.75, 3.05) is 7.11 Å². The zero-order chi connectivity index (χ0) is 11.4. The van der Waals surface area contributed by atoms with E-state index < -0.39 is 12.0 Å². The van der Waals surface area contributed by atoms with E-state index in [9.17, 15) is 9.18 Å². The number of rotatable bonds is 3. The molecule has 1 unspecified atom stereocenters. The highest BCUT2D eigenvalue weighted by Gasteiger charge is 2.15. The maximum absolute atomic E-state index is 13.2. The van der Waals surface area contributed by atoms with Gasteiger partial charge in [0, 0.05) is 6.04 Å². The number of esters is 1. The molecule has 0 aromatic heterocycles. The van der Waals surface area contributed by atoms with Gasteiger partial charge in [-0.05, 0) is 24.1 Å². The molecular formula is C11H14FNO2. The summed E-state index contributed by atoms with van der Waals surface area (Å²) in [7, 11) is 1.30. The van der Waals surface area contributed by atoms with Gasteiger partial charge in [-0.3, -0.25) is 4.79 Å². The molecule has 1 aromatic carbocycles. The summed E-state index contributed by atoms with van der Waals surface area (Å²) in [6.45, 7) is 1.64. The van der Waals surface area contributed by atoms with Crippen molar-refractivity contribution in [2.24, 2.45) is 5.73 Å². The molecule has 0 aliphatic carbocycles. The van der Waals surface area contributed by atoms with Gasteiger partial charge in [0.1, 0.15) is 5.82 Å². The first kappa shape index (κ1) is 11.7. The number of benzene rings is 1. The van der Waals surface area contributed by atoms with Crippen molar-refractivity contribution < 1.29 is 13.9 Å². The van der Waals surface area contributed by atoms with Crippen LogP contribution in [-0.2, 0) is 9.53 Å². The molecule has 0 aliphatic heterocycles. The number of ether oxygens (including phenoxy) is 1. The summed E-state index contributed by atoms with van der Waals surface area (Å²) >= 11 is 0. The Morgan fingerprint density at radius 1 is 1.60 bits per heavy atom. The molecule has 0 amide bonds. The first-order valence-electron chi connectivity index (χ1n) is 4.63. The quantitative estimate of drug-likeness (QED) is 0.774. The molecule has 0 heterocycles. The van der Waals surface area contributed by atoms with E-state index in [1.807, 2.05) is 0 Å². The third kappa shape index (κ3) is 2.76. The van der Waals surface area contributed by atoms with Crippen LogP contribution in [0.25, 0.3) is 0 Å². The summed E-state index contributed by atoms with van der Waals surface area (Å²) in [6, 6.07) is 4.14. The number of methoxy groups -OCH3 is 1. The van der Waals surface area contributed by atoms with Gasteiger partial charge in [0.15, 0.2) is 0 Å². The summed E-state index contributed by atoms with van der Waals surface area (Å²) in [6.07, 6.45) is 0.0563. The number of halogens is 1. The van der Waals surface area contributed by atoms with E-state index in [0.29, 0.717) is 11.1 Å². The maximum atomic E-state index is 13.2. The number of nitrogens with two attached hydrogens (primary N) is 1. The second-order valence-corrected chi connectivity index (χ2v) is 3.34. The molecule has 4 heteroatoms. The minimum absolute atomic E-state index is 0.0563. The van der Waals surface area contributed by atoms with E-state index in [1.54, 1.807) is 19.1 Å². The van der Waals surface area contributed by atoms with Gasteiger partial charge in [0.25, 0.3) is 0 Å². The van der Waals surface area contributed by atoms with Crippen molar-refractivity contribution in [2.45, 2.75) is 19.4 Å². The van der Waals surface area contributed by atoms with Crippen molar-refractivity contribution in [1.82, 2.24) is 0 Å². The van der Waals surface area contributed by atoms with Crippen LogP contribution in [0.2, 0.25) is 0 Å². The number of hydrogen-bond donors (Lipinski definition) is 1. The zero-order valence-electron chi connectivity index (χ0n) is 8.79. The van der Waals surface area contributed by atoms with Crippen LogP contribution >= 0.6 is 0 Å². The lowest BCUT2D eigenvalue weighted by molar-refractivity contribution is -0.141. The minimum atomic E-state index is -0.520. The summed E-state index contributed by atoms with van der Waals surface area (Å²) in [5.41, 5.74) is 6.89. The Bertz CT molecular complexity index is 366. The zero-order valence-corrected chi connectivity index (χ0v) is 8.79. The van der Waals surface area contributed by atoms with E-state index in [2.05, 4.69) is 4.74 Å². The fourth-order valence-electron chi connectivity index (χ4n) is 1.40. The van der Waals surface area contributed by atoms with E-state index in [1.165, 1.54) is 13.2 Å². The monoisotopic (exact) mass is 211 g/mol. The lowest BCUT2D eigenvalue weighted by Gasteiger charge is -2.13. The second kappa shape index (κ2) is 4.89. The van der Waals surface area contributed by atoms with Crippen LogP contribution in [0.4, 0.5) is 4.39 Å². The third-order valence-corrected chi connectivity index (χ3v) is 2.32. The average molecular weight is 211 g/mol. The molecule has 2 N–H and O–H groups in total. The average Bonchev–Trinajstić information content (AvgIpc) is 2.21. The van der Waals surface area contributed by atoms with Gasteiger partial charge in [-0.1, -0.05) is 12.1 Å². The van der Waals surface area contributed by atoms with Crippen molar-refractivity contribution in [3.05, 3.63) is 35.1 Å². The molecule has 82 valence electrons. The van der Waals surface area contributed by atoms with Crippen molar-refractivity contribution >= 4 is 5.97 Å². The molecule has 0 bridgehead atoms. The van der Waals surface area contributed by atoms with Crippen LogP contribution in [0.3, 0.4) is 0 Å². The lowest BCUT2D eigenvalue weighted by atomic mass is 9.99. The van der Waals surface area contributed by atoms with E-state index >= 15 is 0 Å². The normalized spacial score (nSPS) is 12.3. The molecule has 15 heavy (non-hydrogen) atoms. The summed E-state index contributed by atoms with van der Waals surface area (Å²) in [5, 5.41) is 0. The number of hydrogen-bond acceptors (Lipinski definition) is 3. The van der Waals surface area contributed by atoms with Gasteiger partial charge in [-0.25, -0.2) is 4.39 Å². The van der Waals surface area contributed by atoms with Gasteiger partial charge >= 0.3 is 5.97 Å². The predicted molar refractivity (Wildman–Crippen MR) is 54.7 cm³/mol. The maximum Gasteiger partial charge on any atom is 0.307 e. The Hall–Kier alpha value is -1.42. The topological polar surface area (TPSA) is 52.3 Å². The lowest BCUT2D eigenvalue weighted by Crippen LogP contribution is -2.17. The molecule has 0 aliphatic rings. The van der Waals surface area contributed by atoms with Gasteiger partial charge < -0.3 is 10.5 Å². The largest absolute Gasteiger partial charge is 0.469 e. The predicted octanol–water partition coefficient (Wildman–Crippen LogP) is 1.70. The van der Waals surface area contributed by atoms with Gasteiger partial charge in [-0.15, -0.1) is 0 Å². The molecule has 1 rings (SSSR count). The van der Waals surface area contributed by atoms with Crippen LogP contribution < -0.4 is 5.73 Å². The number of carbonyl (C=O) groups excluding carboxylic acids is 1. The second-order valence-electron chi connectivity index (χ2n) is 3.34. The van der Waals surface area contributed by atoms with Gasteiger partial charge in [0.2, 0.25) is 0 Å². The minimum Gasteiger partial charge on any atom is -0.469 e. The van der Waals surface area contributed by atoms with Crippen LogP contribution in [-0.4, -0.2) is 13.1 Å². The Morgan fingerprint density at radius 3 is 2.87 bits per heavy atom. The number of carbonyl (C=O) groups is 1. The van der Waals surface area contributed by atoms with Crippen LogP contribution in [0, 0.1) is 12.7 Å². The Balaban J connectivity index is 2.86. The fraction of sp³-hybridized carbons (Fsp3) is 0.364. The molecule has 0 fully saturated rings. The van der Waals surface area contributed by atoms with E-state index in [0.717, 1.165) is 0 Å². The highest BCUT2D eigenvalue weighted by atomic mass is 19.1. The molecule has 0 saturated carbocycles. The Labute approximate surface area is 88.0 Å². The molecule has 0 spiro atoms. The van der Waals surface area contributed by atoms with Gasteiger partial charge in [0.05, 0.1) is 13.5 Å². The SMILES string of the molecule is COC(=O)CC(N)c1cccc(F)c1C. The molecule has 0 radical (unpaired) electrons. The van der Waals surface area contributed by atoms with Gasteiger partial charge in [-0.2, -0.15) is 0 Å². The molecule has 1 aromatic rings. The third-order valence-electron chi connectivity index (χ3n) is 2.32. The summed E-state index contributed by atoms with van der Waals surface area (Å²) in [5.74, 6) is -0.709. The Morgan fingerprint density at radius 2 is 2.27 bits per heavy atom. The summed E-state index contributed by atoms with van der Waals surface area (Å²) < 4.78 is 17.7. The van der Waals surface area contributed by atoms with Crippen LogP contribution in [0.1, 0.15) is 23.6 Å². The molecule has 3 nitrogen and oxygen atoms in total. The molecule has 1 atom stereocenters. The highest BCUT2D eigenvalue weighted by molar-refractivity contribution is 5.70. The standard InChI is InChI=1S/C11H14FNO2/c1-7-8(4-3-5-9(7)12)10(13)6-11(14)15-2/h3-5,10H,6,13H2,1-2H3. The first-order chi connectivity index (χ1) is 7.06. The summed E-state index contributed by atoms with van der Waals surface area (Å²) in [4.78, 5) is 11.0. The smallest absolute Gasteiger partial charge is 0.307 e. The van der Waals surface area contributed by atoms with E-state index in [-0.39, 0.29) is 12.2 Å². The van der Waals surface area contributed by atoms with Crippen molar-refractivity contribution in [1.29, 1.82) is 0 Å². The fourth-order valence-corrected chi connectivity index (χ4v) is 1.40. The molecule has 0 saturated heterocycles. The highest BCUT2D eigenvalue weighted by Crippen LogP contribution is 2.20.